The molecule has 188 valence electrons. The summed E-state index contributed by atoms with van der Waals surface area (Å²) in [6.07, 6.45) is 5.06. The van der Waals surface area contributed by atoms with E-state index < -0.39 is 0 Å². The fourth-order valence-corrected chi connectivity index (χ4v) is 5.74. The fraction of sp³-hybridized carbons (Fsp3) is 0.379. The molecule has 1 N–H and O–H groups in total. The average molecular weight is 550 g/mol. The molecule has 0 radical (unpaired) electrons. The molecule has 0 bridgehead atoms. The number of rotatable bonds is 8. The highest BCUT2D eigenvalue weighted by molar-refractivity contribution is 9.10. The largest absolute Gasteiger partial charge is 0.459 e. The van der Waals surface area contributed by atoms with E-state index in [2.05, 4.69) is 50.4 Å². The van der Waals surface area contributed by atoms with Gasteiger partial charge < -0.3 is 19.5 Å². The third-order valence-electron chi connectivity index (χ3n) is 7.69. The van der Waals surface area contributed by atoms with Crippen molar-refractivity contribution in [3.8, 4) is 0 Å². The second kappa shape index (κ2) is 11.0. The number of likely N-dealkylation sites (tertiary alicyclic amines) is 2. The van der Waals surface area contributed by atoms with Crippen LogP contribution in [-0.4, -0.2) is 47.8 Å². The summed E-state index contributed by atoms with van der Waals surface area (Å²) in [7, 11) is 0. The standard InChI is InChI=1S/C29H32BrN3O3/c30-24-10-8-22(9-11-24)21-33-19-15-29(28(33)35)13-17-32(18-14-29)16-12-25(23-5-2-1-3-6-23)31-27(34)26-7-4-20-36-26/h1-11,20,25H,12-19,21H2,(H,31,34). The fourth-order valence-electron chi connectivity index (χ4n) is 5.48. The first-order valence-corrected chi connectivity index (χ1v) is 13.5. The highest BCUT2D eigenvalue weighted by atomic mass is 79.9. The van der Waals surface area contributed by atoms with Gasteiger partial charge in [0.1, 0.15) is 0 Å². The predicted molar refractivity (Wildman–Crippen MR) is 142 cm³/mol. The van der Waals surface area contributed by atoms with E-state index in [4.69, 9.17) is 4.42 Å². The van der Waals surface area contributed by atoms with Crippen LogP contribution < -0.4 is 5.32 Å². The number of piperidine rings is 1. The maximum atomic E-state index is 13.4. The van der Waals surface area contributed by atoms with E-state index in [0.717, 1.165) is 61.9 Å². The van der Waals surface area contributed by atoms with E-state index in [1.807, 2.05) is 35.2 Å². The van der Waals surface area contributed by atoms with Gasteiger partial charge in [0, 0.05) is 24.1 Å². The number of halogens is 1. The van der Waals surface area contributed by atoms with Crippen LogP contribution >= 0.6 is 15.9 Å². The minimum atomic E-state index is -0.210. The van der Waals surface area contributed by atoms with E-state index in [9.17, 15) is 9.59 Å². The molecule has 1 unspecified atom stereocenters. The molecule has 3 heterocycles. The van der Waals surface area contributed by atoms with Crippen molar-refractivity contribution in [1.29, 1.82) is 0 Å². The van der Waals surface area contributed by atoms with E-state index in [1.54, 1.807) is 12.1 Å². The number of amides is 2. The Labute approximate surface area is 220 Å². The summed E-state index contributed by atoms with van der Waals surface area (Å²) in [6, 6.07) is 21.6. The molecule has 0 saturated carbocycles. The van der Waals surface area contributed by atoms with Crippen molar-refractivity contribution < 1.29 is 14.0 Å². The van der Waals surface area contributed by atoms with Crippen LogP contribution in [-0.2, 0) is 11.3 Å². The molecular formula is C29H32BrN3O3. The number of carbonyl (C=O) groups is 2. The van der Waals surface area contributed by atoms with Gasteiger partial charge in [-0.1, -0.05) is 58.4 Å². The molecule has 3 aromatic rings. The van der Waals surface area contributed by atoms with Crippen LogP contribution in [0, 0.1) is 5.41 Å². The Balaban J connectivity index is 1.16. The molecule has 2 fully saturated rings. The lowest BCUT2D eigenvalue weighted by atomic mass is 9.77. The number of nitrogens with zero attached hydrogens (tertiary/aromatic N) is 2. The van der Waals surface area contributed by atoms with Crippen molar-refractivity contribution in [3.05, 3.63) is 94.4 Å². The summed E-state index contributed by atoms with van der Waals surface area (Å²) in [6.45, 7) is 4.21. The zero-order valence-corrected chi connectivity index (χ0v) is 22.0. The van der Waals surface area contributed by atoms with Gasteiger partial charge in [-0.05, 0) is 74.2 Å². The summed E-state index contributed by atoms with van der Waals surface area (Å²) < 4.78 is 6.33. The number of benzene rings is 2. The smallest absolute Gasteiger partial charge is 0.287 e. The average Bonchev–Trinajstić information content (AvgIpc) is 3.55. The molecule has 1 atom stereocenters. The van der Waals surface area contributed by atoms with Crippen LogP contribution in [0.4, 0.5) is 0 Å². The Bertz CT molecular complexity index is 1160. The highest BCUT2D eigenvalue weighted by Crippen LogP contribution is 2.42. The first-order valence-electron chi connectivity index (χ1n) is 12.7. The second-order valence-electron chi connectivity index (χ2n) is 9.93. The second-order valence-corrected chi connectivity index (χ2v) is 10.8. The lowest BCUT2D eigenvalue weighted by Crippen LogP contribution is -2.45. The van der Waals surface area contributed by atoms with Crippen molar-refractivity contribution in [2.75, 3.05) is 26.2 Å². The molecule has 2 aliphatic rings. The van der Waals surface area contributed by atoms with Gasteiger partial charge in [0.15, 0.2) is 5.76 Å². The van der Waals surface area contributed by atoms with E-state index >= 15 is 0 Å². The molecule has 6 nitrogen and oxygen atoms in total. The Hall–Kier alpha value is -2.90. The Kier molecular flexibility index (Phi) is 7.58. The van der Waals surface area contributed by atoms with Gasteiger partial charge in [0.05, 0.1) is 17.7 Å². The van der Waals surface area contributed by atoms with Crippen LogP contribution in [0.25, 0.3) is 0 Å². The van der Waals surface area contributed by atoms with Gasteiger partial charge in [-0.3, -0.25) is 9.59 Å². The van der Waals surface area contributed by atoms with E-state index in [0.29, 0.717) is 18.2 Å². The van der Waals surface area contributed by atoms with Crippen LogP contribution in [0.1, 0.15) is 53.4 Å². The molecule has 5 rings (SSSR count). The molecule has 2 amide bonds. The Morgan fingerprint density at radius 2 is 1.69 bits per heavy atom. The first kappa shape index (κ1) is 24.8. The number of carbonyl (C=O) groups excluding carboxylic acids is 2. The molecule has 7 heteroatoms. The summed E-state index contributed by atoms with van der Waals surface area (Å²) in [5.41, 5.74) is 2.04. The molecule has 2 aromatic carbocycles. The van der Waals surface area contributed by atoms with E-state index in [-0.39, 0.29) is 17.4 Å². The summed E-state index contributed by atoms with van der Waals surface area (Å²) in [5.74, 6) is 0.440. The molecule has 0 aliphatic carbocycles. The molecule has 1 spiro atoms. The number of nitrogens with one attached hydrogen (secondary N) is 1. The summed E-state index contributed by atoms with van der Waals surface area (Å²) >= 11 is 3.48. The van der Waals surface area contributed by atoms with Crippen LogP contribution in [0.3, 0.4) is 0 Å². The van der Waals surface area contributed by atoms with Crippen molar-refractivity contribution >= 4 is 27.7 Å². The lowest BCUT2D eigenvalue weighted by Gasteiger charge is -2.38. The van der Waals surface area contributed by atoms with Gasteiger partial charge in [-0.15, -0.1) is 0 Å². The van der Waals surface area contributed by atoms with Gasteiger partial charge in [-0.25, -0.2) is 0 Å². The molecular weight excluding hydrogens is 518 g/mol. The Morgan fingerprint density at radius 1 is 0.972 bits per heavy atom. The predicted octanol–water partition coefficient (Wildman–Crippen LogP) is 5.42. The monoisotopic (exact) mass is 549 g/mol. The van der Waals surface area contributed by atoms with Crippen molar-refractivity contribution in [3.63, 3.8) is 0 Å². The van der Waals surface area contributed by atoms with Gasteiger partial charge >= 0.3 is 0 Å². The highest BCUT2D eigenvalue weighted by Gasteiger charge is 2.47. The zero-order valence-electron chi connectivity index (χ0n) is 20.4. The van der Waals surface area contributed by atoms with Gasteiger partial charge in [0.2, 0.25) is 5.91 Å². The topological polar surface area (TPSA) is 65.8 Å². The zero-order chi connectivity index (χ0) is 25.0. The number of hydrogen-bond donors (Lipinski definition) is 1. The minimum Gasteiger partial charge on any atom is -0.459 e. The van der Waals surface area contributed by atoms with E-state index in [1.165, 1.54) is 11.8 Å². The number of furan rings is 1. The van der Waals surface area contributed by atoms with Crippen molar-refractivity contribution in [1.82, 2.24) is 15.1 Å². The molecule has 1 aromatic heterocycles. The normalized spacial score (nSPS) is 18.5. The molecule has 2 saturated heterocycles. The van der Waals surface area contributed by atoms with Gasteiger partial charge in [0.25, 0.3) is 5.91 Å². The van der Waals surface area contributed by atoms with Crippen LogP contribution in [0.2, 0.25) is 0 Å². The van der Waals surface area contributed by atoms with Crippen molar-refractivity contribution in [2.45, 2.75) is 38.3 Å². The van der Waals surface area contributed by atoms with Gasteiger partial charge in [-0.2, -0.15) is 0 Å². The molecule has 36 heavy (non-hydrogen) atoms. The quantitative estimate of drug-likeness (QED) is 0.407. The number of hydrogen-bond acceptors (Lipinski definition) is 4. The maximum Gasteiger partial charge on any atom is 0.287 e. The van der Waals surface area contributed by atoms with Crippen LogP contribution in [0.5, 0.6) is 0 Å². The summed E-state index contributed by atoms with van der Waals surface area (Å²) in [5, 5.41) is 3.14. The van der Waals surface area contributed by atoms with Crippen molar-refractivity contribution in [2.24, 2.45) is 5.41 Å². The third-order valence-corrected chi connectivity index (χ3v) is 8.22. The third kappa shape index (κ3) is 5.57. The van der Waals surface area contributed by atoms with Crippen LogP contribution in [0.15, 0.2) is 81.9 Å². The maximum absolute atomic E-state index is 13.4. The SMILES string of the molecule is O=C(NC(CCN1CCC2(CC1)CCN(Cc1ccc(Br)cc1)C2=O)c1ccccc1)c1ccco1. The molecule has 2 aliphatic heterocycles. The first-order chi connectivity index (χ1) is 17.5. The Morgan fingerprint density at radius 3 is 2.39 bits per heavy atom. The summed E-state index contributed by atoms with van der Waals surface area (Å²) in [4.78, 5) is 30.5. The minimum absolute atomic E-state index is 0.103. The lowest BCUT2D eigenvalue weighted by molar-refractivity contribution is -0.138.